The zero-order chi connectivity index (χ0) is 19.1. The maximum Gasteiger partial charge on any atom is 0.230 e. The van der Waals surface area contributed by atoms with Crippen molar-refractivity contribution in [2.45, 2.75) is 32.1 Å². The Bertz CT molecular complexity index is 865. The van der Waals surface area contributed by atoms with Gasteiger partial charge in [-0.05, 0) is 23.6 Å². The molecule has 0 bridgehead atoms. The van der Waals surface area contributed by atoms with E-state index in [1.165, 1.54) is 11.8 Å². The zero-order valence-electron chi connectivity index (χ0n) is 15.5. The van der Waals surface area contributed by atoms with Gasteiger partial charge in [-0.3, -0.25) is 9.78 Å². The van der Waals surface area contributed by atoms with Gasteiger partial charge in [0.25, 0.3) is 0 Å². The number of nitrogens with zero attached hydrogens (tertiary/aromatic N) is 4. The van der Waals surface area contributed by atoms with Gasteiger partial charge in [0.2, 0.25) is 5.91 Å². The second-order valence-electron chi connectivity index (χ2n) is 6.60. The number of carbonyl (C=O) groups excluding carboxylic acids is 1. The maximum absolute atomic E-state index is 12.2. The SMILES string of the molecule is CC(C)Cn1c(SCC(=O)NCc2ccccc2)nnc1-c1ccncc1. The van der Waals surface area contributed by atoms with Gasteiger partial charge in [-0.1, -0.05) is 55.9 Å². The van der Waals surface area contributed by atoms with Crippen molar-refractivity contribution in [1.29, 1.82) is 0 Å². The van der Waals surface area contributed by atoms with Gasteiger partial charge < -0.3 is 9.88 Å². The maximum atomic E-state index is 12.2. The van der Waals surface area contributed by atoms with Crippen LogP contribution in [0, 0.1) is 5.92 Å². The Labute approximate surface area is 163 Å². The molecule has 0 saturated heterocycles. The van der Waals surface area contributed by atoms with Crippen LogP contribution in [0.15, 0.2) is 60.0 Å². The summed E-state index contributed by atoms with van der Waals surface area (Å²) in [5, 5.41) is 12.4. The van der Waals surface area contributed by atoms with Crippen molar-refractivity contribution in [3.63, 3.8) is 0 Å². The van der Waals surface area contributed by atoms with Crippen molar-refractivity contribution in [2.24, 2.45) is 5.92 Å². The molecule has 6 nitrogen and oxygen atoms in total. The third-order valence-corrected chi connectivity index (χ3v) is 4.83. The summed E-state index contributed by atoms with van der Waals surface area (Å²) in [6, 6.07) is 13.7. The van der Waals surface area contributed by atoms with Crippen LogP contribution in [0.25, 0.3) is 11.4 Å². The lowest BCUT2D eigenvalue weighted by atomic mass is 10.2. The van der Waals surface area contributed by atoms with Gasteiger partial charge in [-0.2, -0.15) is 0 Å². The van der Waals surface area contributed by atoms with Crippen LogP contribution in [0.1, 0.15) is 19.4 Å². The molecule has 0 spiro atoms. The van der Waals surface area contributed by atoms with Crippen molar-refractivity contribution in [3.05, 3.63) is 60.4 Å². The largest absolute Gasteiger partial charge is 0.351 e. The highest BCUT2D eigenvalue weighted by molar-refractivity contribution is 7.99. The van der Waals surface area contributed by atoms with Crippen LogP contribution in [0.5, 0.6) is 0 Å². The Morgan fingerprint density at radius 2 is 1.85 bits per heavy atom. The molecule has 0 aliphatic heterocycles. The molecule has 0 atom stereocenters. The first-order valence-electron chi connectivity index (χ1n) is 8.90. The highest BCUT2D eigenvalue weighted by Gasteiger charge is 2.16. The summed E-state index contributed by atoms with van der Waals surface area (Å²) in [5.74, 6) is 1.53. The van der Waals surface area contributed by atoms with E-state index in [2.05, 4.69) is 38.9 Å². The molecule has 0 aliphatic carbocycles. The minimum Gasteiger partial charge on any atom is -0.351 e. The summed E-state index contributed by atoms with van der Waals surface area (Å²) in [4.78, 5) is 16.3. The van der Waals surface area contributed by atoms with Gasteiger partial charge in [-0.15, -0.1) is 10.2 Å². The average Bonchev–Trinajstić information content (AvgIpc) is 3.08. The number of thioether (sulfide) groups is 1. The molecule has 0 fully saturated rings. The summed E-state index contributed by atoms with van der Waals surface area (Å²) in [7, 11) is 0. The van der Waals surface area contributed by atoms with Crippen LogP contribution in [0.3, 0.4) is 0 Å². The lowest BCUT2D eigenvalue weighted by Crippen LogP contribution is -2.24. The highest BCUT2D eigenvalue weighted by atomic mass is 32.2. The van der Waals surface area contributed by atoms with Crippen LogP contribution < -0.4 is 5.32 Å². The lowest BCUT2D eigenvalue weighted by Gasteiger charge is -2.12. The number of benzene rings is 1. The fourth-order valence-electron chi connectivity index (χ4n) is 2.62. The molecule has 1 aromatic carbocycles. The molecule has 3 aromatic rings. The monoisotopic (exact) mass is 381 g/mol. The van der Waals surface area contributed by atoms with Gasteiger partial charge in [0.05, 0.1) is 5.75 Å². The molecule has 0 radical (unpaired) electrons. The average molecular weight is 382 g/mol. The molecule has 0 unspecified atom stereocenters. The number of amides is 1. The highest BCUT2D eigenvalue weighted by Crippen LogP contribution is 2.24. The third kappa shape index (κ3) is 5.40. The van der Waals surface area contributed by atoms with E-state index >= 15 is 0 Å². The molecule has 27 heavy (non-hydrogen) atoms. The molecular formula is C20H23N5OS. The minimum atomic E-state index is -0.0200. The summed E-state index contributed by atoms with van der Waals surface area (Å²) in [6.45, 7) is 5.62. The first kappa shape index (κ1) is 19.1. The van der Waals surface area contributed by atoms with Crippen molar-refractivity contribution in [3.8, 4) is 11.4 Å². The Morgan fingerprint density at radius 3 is 2.56 bits per heavy atom. The number of carbonyl (C=O) groups is 1. The molecule has 140 valence electrons. The predicted molar refractivity (Wildman–Crippen MR) is 107 cm³/mol. The number of hydrogen-bond donors (Lipinski definition) is 1. The molecule has 2 heterocycles. The standard InChI is InChI=1S/C20H23N5OS/c1-15(2)13-25-19(17-8-10-21-11-9-17)23-24-20(25)27-14-18(26)22-12-16-6-4-3-5-7-16/h3-11,15H,12-14H2,1-2H3,(H,22,26). The van der Waals surface area contributed by atoms with Gasteiger partial charge in [0.1, 0.15) is 0 Å². The first-order chi connectivity index (χ1) is 13.1. The van der Waals surface area contributed by atoms with E-state index in [0.717, 1.165) is 28.7 Å². The van der Waals surface area contributed by atoms with Crippen molar-refractivity contribution in [2.75, 3.05) is 5.75 Å². The van der Waals surface area contributed by atoms with Gasteiger partial charge in [-0.25, -0.2) is 0 Å². The van der Waals surface area contributed by atoms with Crippen LogP contribution in [0.4, 0.5) is 0 Å². The number of rotatable bonds is 8. The van der Waals surface area contributed by atoms with E-state index in [-0.39, 0.29) is 5.91 Å². The number of aromatic nitrogens is 4. The zero-order valence-corrected chi connectivity index (χ0v) is 16.3. The van der Waals surface area contributed by atoms with Crippen LogP contribution in [-0.4, -0.2) is 31.4 Å². The summed E-state index contributed by atoms with van der Waals surface area (Å²) >= 11 is 1.41. The second-order valence-corrected chi connectivity index (χ2v) is 7.54. The summed E-state index contributed by atoms with van der Waals surface area (Å²) in [6.07, 6.45) is 3.49. The molecular weight excluding hydrogens is 358 g/mol. The fraction of sp³-hybridized carbons (Fsp3) is 0.300. The van der Waals surface area contributed by atoms with E-state index in [1.807, 2.05) is 42.5 Å². The molecule has 3 rings (SSSR count). The Hall–Kier alpha value is -2.67. The normalized spacial score (nSPS) is 10.9. The Kier molecular flexibility index (Phi) is 6.59. The van der Waals surface area contributed by atoms with Gasteiger partial charge in [0, 0.05) is 31.0 Å². The topological polar surface area (TPSA) is 72.7 Å². The predicted octanol–water partition coefficient (Wildman–Crippen LogP) is 3.40. The summed E-state index contributed by atoms with van der Waals surface area (Å²) < 4.78 is 2.08. The van der Waals surface area contributed by atoms with E-state index in [9.17, 15) is 4.79 Å². The lowest BCUT2D eigenvalue weighted by molar-refractivity contribution is -0.118. The molecule has 7 heteroatoms. The molecule has 0 aliphatic rings. The Balaban J connectivity index is 1.65. The van der Waals surface area contributed by atoms with E-state index in [4.69, 9.17) is 0 Å². The van der Waals surface area contributed by atoms with Gasteiger partial charge in [0.15, 0.2) is 11.0 Å². The quantitative estimate of drug-likeness (QED) is 0.606. The molecule has 1 N–H and O–H groups in total. The number of pyridine rings is 1. The van der Waals surface area contributed by atoms with Gasteiger partial charge >= 0.3 is 0 Å². The summed E-state index contributed by atoms with van der Waals surface area (Å²) in [5.41, 5.74) is 2.05. The van der Waals surface area contributed by atoms with Crippen molar-refractivity contribution in [1.82, 2.24) is 25.1 Å². The molecule has 1 amide bonds. The molecule has 2 aromatic heterocycles. The minimum absolute atomic E-state index is 0.0200. The number of hydrogen-bond acceptors (Lipinski definition) is 5. The van der Waals surface area contributed by atoms with E-state index < -0.39 is 0 Å². The smallest absolute Gasteiger partial charge is 0.230 e. The third-order valence-electron chi connectivity index (χ3n) is 3.87. The van der Waals surface area contributed by atoms with E-state index in [0.29, 0.717) is 18.2 Å². The first-order valence-corrected chi connectivity index (χ1v) is 9.89. The van der Waals surface area contributed by atoms with E-state index in [1.54, 1.807) is 12.4 Å². The van der Waals surface area contributed by atoms with Crippen LogP contribution >= 0.6 is 11.8 Å². The molecule has 0 saturated carbocycles. The second kappa shape index (κ2) is 9.32. The van der Waals surface area contributed by atoms with Crippen molar-refractivity contribution >= 4 is 17.7 Å². The van der Waals surface area contributed by atoms with Crippen LogP contribution in [-0.2, 0) is 17.9 Å². The van der Waals surface area contributed by atoms with Crippen LogP contribution in [0.2, 0.25) is 0 Å². The fourth-order valence-corrected chi connectivity index (χ4v) is 3.40. The Morgan fingerprint density at radius 1 is 1.11 bits per heavy atom. The van der Waals surface area contributed by atoms with Crippen molar-refractivity contribution < 1.29 is 4.79 Å². The number of nitrogens with one attached hydrogen (secondary N) is 1.